The summed E-state index contributed by atoms with van der Waals surface area (Å²) in [5.41, 5.74) is 6.51. The molecule has 0 saturated carbocycles. The highest BCUT2D eigenvalue weighted by Gasteiger charge is 2.16. The molecule has 0 spiro atoms. The molecule has 0 radical (unpaired) electrons. The van der Waals surface area contributed by atoms with Gasteiger partial charge in [-0.05, 0) is 25.4 Å². The lowest BCUT2D eigenvalue weighted by Crippen LogP contribution is -2.34. The van der Waals surface area contributed by atoms with Crippen molar-refractivity contribution in [1.29, 1.82) is 0 Å². The molecular formula is C10H18N4OS. The number of nitrogen functional groups attached to an aromatic ring is 1. The van der Waals surface area contributed by atoms with Crippen molar-refractivity contribution < 1.29 is 4.79 Å². The summed E-state index contributed by atoms with van der Waals surface area (Å²) in [7, 11) is 1.71. The molecule has 0 bridgehead atoms. The van der Waals surface area contributed by atoms with Crippen LogP contribution in [0.15, 0.2) is 6.20 Å². The van der Waals surface area contributed by atoms with Crippen molar-refractivity contribution >= 4 is 23.4 Å². The molecule has 5 nitrogen and oxygen atoms in total. The molecule has 1 rings (SSSR count). The number of aromatic nitrogens is 2. The van der Waals surface area contributed by atoms with Crippen molar-refractivity contribution in [2.75, 3.05) is 17.7 Å². The summed E-state index contributed by atoms with van der Waals surface area (Å²) in [5, 5.41) is 6.84. The standard InChI is InChI=1S/C10H18N4OS/c1-7(4-5-16-3)13-10(15)9-8(11)6-12-14(9)2/h6-7H,4-5,11H2,1-3H3,(H,13,15). The van der Waals surface area contributed by atoms with E-state index in [4.69, 9.17) is 5.73 Å². The van der Waals surface area contributed by atoms with E-state index in [-0.39, 0.29) is 11.9 Å². The average Bonchev–Trinajstić information content (AvgIpc) is 2.55. The van der Waals surface area contributed by atoms with Crippen LogP contribution in [0.2, 0.25) is 0 Å². The van der Waals surface area contributed by atoms with Crippen molar-refractivity contribution in [1.82, 2.24) is 15.1 Å². The lowest BCUT2D eigenvalue weighted by Gasteiger charge is -2.13. The summed E-state index contributed by atoms with van der Waals surface area (Å²) in [6, 6.07) is 0.147. The molecule has 0 aromatic carbocycles. The van der Waals surface area contributed by atoms with Crippen LogP contribution >= 0.6 is 11.8 Å². The van der Waals surface area contributed by atoms with Crippen LogP contribution in [0.3, 0.4) is 0 Å². The third kappa shape index (κ3) is 3.16. The summed E-state index contributed by atoms with van der Waals surface area (Å²) < 4.78 is 1.49. The van der Waals surface area contributed by atoms with Gasteiger partial charge in [-0.25, -0.2) is 0 Å². The first-order chi connectivity index (χ1) is 7.56. The van der Waals surface area contributed by atoms with Gasteiger partial charge in [-0.2, -0.15) is 16.9 Å². The summed E-state index contributed by atoms with van der Waals surface area (Å²) in [5.74, 6) is 0.869. The molecular weight excluding hydrogens is 224 g/mol. The fourth-order valence-corrected chi connectivity index (χ4v) is 1.98. The molecule has 1 heterocycles. The summed E-state index contributed by atoms with van der Waals surface area (Å²) >= 11 is 1.77. The maximum Gasteiger partial charge on any atom is 0.271 e. The normalized spacial score (nSPS) is 12.4. The van der Waals surface area contributed by atoms with Crippen LogP contribution in [0, 0.1) is 0 Å². The van der Waals surface area contributed by atoms with Gasteiger partial charge in [0.2, 0.25) is 0 Å². The Hall–Kier alpha value is -1.17. The van der Waals surface area contributed by atoms with E-state index in [9.17, 15) is 4.79 Å². The lowest BCUT2D eigenvalue weighted by molar-refractivity contribution is 0.0931. The molecule has 6 heteroatoms. The Morgan fingerprint density at radius 1 is 1.75 bits per heavy atom. The van der Waals surface area contributed by atoms with Gasteiger partial charge in [-0.3, -0.25) is 9.48 Å². The molecule has 0 saturated heterocycles. The Bertz CT molecular complexity index is 344. The molecule has 1 atom stereocenters. The zero-order valence-corrected chi connectivity index (χ0v) is 10.7. The van der Waals surface area contributed by atoms with Crippen LogP contribution in [0.4, 0.5) is 5.69 Å². The topological polar surface area (TPSA) is 72.9 Å². The number of amides is 1. The van der Waals surface area contributed by atoms with Crippen LogP contribution in [0.5, 0.6) is 0 Å². The second kappa shape index (κ2) is 5.79. The summed E-state index contributed by atoms with van der Waals surface area (Å²) in [4.78, 5) is 11.9. The highest BCUT2D eigenvalue weighted by molar-refractivity contribution is 7.98. The minimum Gasteiger partial charge on any atom is -0.396 e. The van der Waals surface area contributed by atoms with Gasteiger partial charge in [-0.1, -0.05) is 0 Å². The molecule has 16 heavy (non-hydrogen) atoms. The molecule has 0 aliphatic heterocycles. The Labute approximate surface area is 99.8 Å². The summed E-state index contributed by atoms with van der Waals surface area (Å²) in [6.07, 6.45) is 4.49. The van der Waals surface area contributed by atoms with Crippen molar-refractivity contribution in [2.45, 2.75) is 19.4 Å². The first-order valence-corrected chi connectivity index (χ1v) is 6.53. The van der Waals surface area contributed by atoms with E-state index in [0.29, 0.717) is 11.4 Å². The molecule has 0 fully saturated rings. The molecule has 1 aromatic rings. The van der Waals surface area contributed by atoms with Crippen LogP contribution in [0.1, 0.15) is 23.8 Å². The predicted octanol–water partition coefficient (Wildman–Crippen LogP) is 0.874. The second-order valence-electron chi connectivity index (χ2n) is 3.73. The highest BCUT2D eigenvalue weighted by Crippen LogP contribution is 2.09. The van der Waals surface area contributed by atoms with Crippen molar-refractivity contribution in [2.24, 2.45) is 7.05 Å². The number of carbonyl (C=O) groups is 1. The van der Waals surface area contributed by atoms with Crippen LogP contribution in [-0.2, 0) is 7.05 Å². The molecule has 0 aliphatic carbocycles. The van der Waals surface area contributed by atoms with E-state index >= 15 is 0 Å². The number of aryl methyl sites for hydroxylation is 1. The minimum atomic E-state index is -0.161. The van der Waals surface area contributed by atoms with E-state index in [0.717, 1.165) is 12.2 Å². The van der Waals surface area contributed by atoms with Gasteiger partial charge in [0, 0.05) is 13.1 Å². The van der Waals surface area contributed by atoms with E-state index in [1.807, 2.05) is 13.2 Å². The van der Waals surface area contributed by atoms with Gasteiger partial charge in [0.05, 0.1) is 11.9 Å². The van der Waals surface area contributed by atoms with Crippen LogP contribution in [-0.4, -0.2) is 33.7 Å². The first kappa shape index (κ1) is 12.9. The van der Waals surface area contributed by atoms with Gasteiger partial charge < -0.3 is 11.1 Å². The number of hydrogen-bond donors (Lipinski definition) is 2. The van der Waals surface area contributed by atoms with Crippen molar-refractivity contribution in [3.05, 3.63) is 11.9 Å². The van der Waals surface area contributed by atoms with Gasteiger partial charge in [-0.15, -0.1) is 0 Å². The fraction of sp³-hybridized carbons (Fsp3) is 0.600. The monoisotopic (exact) mass is 242 g/mol. The summed E-state index contributed by atoms with van der Waals surface area (Å²) in [6.45, 7) is 1.99. The Balaban J connectivity index is 2.59. The number of thioether (sulfide) groups is 1. The van der Waals surface area contributed by atoms with E-state index in [1.165, 1.54) is 10.9 Å². The average molecular weight is 242 g/mol. The fourth-order valence-electron chi connectivity index (χ4n) is 1.39. The third-order valence-corrected chi connectivity index (χ3v) is 2.96. The van der Waals surface area contributed by atoms with Gasteiger partial charge >= 0.3 is 0 Å². The van der Waals surface area contributed by atoms with Gasteiger partial charge in [0.1, 0.15) is 5.69 Å². The number of nitrogens with zero attached hydrogens (tertiary/aromatic N) is 2. The number of nitrogens with one attached hydrogen (secondary N) is 1. The Morgan fingerprint density at radius 3 is 2.94 bits per heavy atom. The molecule has 1 aromatic heterocycles. The minimum absolute atomic E-state index is 0.147. The van der Waals surface area contributed by atoms with E-state index in [2.05, 4.69) is 10.4 Å². The number of hydrogen-bond acceptors (Lipinski definition) is 4. The lowest BCUT2D eigenvalue weighted by atomic mass is 10.2. The zero-order valence-electron chi connectivity index (χ0n) is 9.86. The second-order valence-corrected chi connectivity index (χ2v) is 4.71. The number of nitrogens with two attached hydrogens (primary N) is 1. The molecule has 1 unspecified atom stereocenters. The number of anilines is 1. The smallest absolute Gasteiger partial charge is 0.271 e. The van der Waals surface area contributed by atoms with Crippen LogP contribution < -0.4 is 11.1 Å². The SMILES string of the molecule is CSCCC(C)NC(=O)c1c(N)cnn1C. The van der Waals surface area contributed by atoms with Gasteiger partial charge in [0.15, 0.2) is 0 Å². The molecule has 0 aliphatic rings. The first-order valence-electron chi connectivity index (χ1n) is 5.13. The highest BCUT2D eigenvalue weighted by atomic mass is 32.2. The third-order valence-electron chi connectivity index (χ3n) is 2.31. The quantitative estimate of drug-likeness (QED) is 0.803. The zero-order chi connectivity index (χ0) is 12.1. The maximum absolute atomic E-state index is 11.9. The molecule has 1 amide bonds. The Morgan fingerprint density at radius 2 is 2.44 bits per heavy atom. The molecule has 3 N–H and O–H groups in total. The Kier molecular flexibility index (Phi) is 4.67. The number of rotatable bonds is 5. The van der Waals surface area contributed by atoms with E-state index < -0.39 is 0 Å². The largest absolute Gasteiger partial charge is 0.396 e. The van der Waals surface area contributed by atoms with E-state index in [1.54, 1.807) is 18.8 Å². The number of carbonyl (C=O) groups excluding carboxylic acids is 1. The maximum atomic E-state index is 11.9. The van der Waals surface area contributed by atoms with Crippen molar-refractivity contribution in [3.8, 4) is 0 Å². The molecule has 90 valence electrons. The van der Waals surface area contributed by atoms with Crippen molar-refractivity contribution in [3.63, 3.8) is 0 Å². The predicted molar refractivity (Wildman–Crippen MR) is 67.5 cm³/mol. The van der Waals surface area contributed by atoms with Crippen LogP contribution in [0.25, 0.3) is 0 Å². The van der Waals surface area contributed by atoms with Gasteiger partial charge in [0.25, 0.3) is 5.91 Å².